The third kappa shape index (κ3) is 4.20. The number of hydrogen-bond donors (Lipinski definition) is 1. The topological polar surface area (TPSA) is 77.5 Å². The van der Waals surface area contributed by atoms with Crippen LogP contribution in [0, 0.1) is 6.92 Å². The number of nitrogens with one attached hydrogen (secondary N) is 1. The van der Waals surface area contributed by atoms with Gasteiger partial charge in [0.1, 0.15) is 0 Å². The van der Waals surface area contributed by atoms with Crippen LogP contribution in [0.15, 0.2) is 24.3 Å². The summed E-state index contributed by atoms with van der Waals surface area (Å²) in [7, 11) is 3.11. The SMILES string of the molecule is COc1ccc(/C=C/C(=O)Nc2nc(C)c(C(C)=O)s2)cc1OC. The van der Waals surface area contributed by atoms with Gasteiger partial charge in [-0.1, -0.05) is 17.4 Å². The Morgan fingerprint density at radius 1 is 1.21 bits per heavy atom. The van der Waals surface area contributed by atoms with Crippen molar-refractivity contribution in [3.63, 3.8) is 0 Å². The molecule has 0 unspecified atom stereocenters. The fourth-order valence-corrected chi connectivity index (χ4v) is 2.92. The van der Waals surface area contributed by atoms with Crippen molar-refractivity contribution < 1.29 is 19.1 Å². The second-order valence-corrected chi connectivity index (χ2v) is 5.93. The average molecular weight is 346 g/mol. The number of methoxy groups -OCH3 is 2. The van der Waals surface area contributed by atoms with Crippen LogP contribution in [0.3, 0.4) is 0 Å². The molecule has 6 nitrogen and oxygen atoms in total. The second-order valence-electron chi connectivity index (χ2n) is 4.93. The van der Waals surface area contributed by atoms with Crippen molar-refractivity contribution in [2.24, 2.45) is 0 Å². The normalized spacial score (nSPS) is 10.7. The van der Waals surface area contributed by atoms with Crippen LogP contribution in [0.2, 0.25) is 0 Å². The molecule has 0 saturated heterocycles. The highest BCUT2D eigenvalue weighted by Gasteiger charge is 2.12. The van der Waals surface area contributed by atoms with Gasteiger partial charge in [0.05, 0.1) is 24.8 Å². The molecule has 1 aromatic carbocycles. The minimum atomic E-state index is -0.325. The lowest BCUT2D eigenvalue weighted by Gasteiger charge is -2.07. The molecule has 0 saturated carbocycles. The zero-order chi connectivity index (χ0) is 17.7. The average Bonchev–Trinajstić information content (AvgIpc) is 2.93. The summed E-state index contributed by atoms with van der Waals surface area (Å²) in [6, 6.07) is 5.34. The molecule has 0 spiro atoms. The van der Waals surface area contributed by atoms with E-state index in [1.54, 1.807) is 39.4 Å². The summed E-state index contributed by atoms with van der Waals surface area (Å²) in [5.74, 6) is 0.816. The van der Waals surface area contributed by atoms with Gasteiger partial charge in [0.25, 0.3) is 0 Å². The molecule has 0 bridgehead atoms. The van der Waals surface area contributed by atoms with E-state index >= 15 is 0 Å². The predicted octanol–water partition coefficient (Wildman–Crippen LogP) is 3.32. The molecule has 1 N–H and O–H groups in total. The van der Waals surface area contributed by atoms with Gasteiger partial charge in [-0.15, -0.1) is 0 Å². The second kappa shape index (κ2) is 7.74. The Kier molecular flexibility index (Phi) is 5.70. The van der Waals surface area contributed by atoms with Gasteiger partial charge in [-0.2, -0.15) is 0 Å². The Morgan fingerprint density at radius 3 is 2.50 bits per heavy atom. The van der Waals surface area contributed by atoms with Gasteiger partial charge in [-0.3, -0.25) is 14.9 Å². The number of Topliss-reactive ketones (excluding diaryl/α,β-unsaturated/α-hetero) is 1. The van der Waals surface area contributed by atoms with Gasteiger partial charge < -0.3 is 9.47 Å². The maximum absolute atomic E-state index is 12.0. The zero-order valence-corrected chi connectivity index (χ0v) is 14.7. The fraction of sp³-hybridized carbons (Fsp3) is 0.235. The van der Waals surface area contributed by atoms with Gasteiger partial charge in [0.2, 0.25) is 5.91 Å². The van der Waals surface area contributed by atoms with E-state index in [2.05, 4.69) is 10.3 Å². The first-order chi connectivity index (χ1) is 11.4. The summed E-state index contributed by atoms with van der Waals surface area (Å²) in [6.45, 7) is 3.21. The zero-order valence-electron chi connectivity index (χ0n) is 13.9. The quantitative estimate of drug-likeness (QED) is 0.641. The van der Waals surface area contributed by atoms with Crippen LogP contribution in [0.25, 0.3) is 6.08 Å². The summed E-state index contributed by atoms with van der Waals surface area (Å²) in [4.78, 5) is 28.1. The van der Waals surface area contributed by atoms with Crippen molar-refractivity contribution in [1.29, 1.82) is 0 Å². The number of benzene rings is 1. The third-order valence-electron chi connectivity index (χ3n) is 3.18. The molecule has 0 aliphatic heterocycles. The summed E-state index contributed by atoms with van der Waals surface area (Å²) in [5.41, 5.74) is 1.41. The number of amides is 1. The molecule has 0 atom stereocenters. The van der Waals surface area contributed by atoms with Crippen molar-refractivity contribution in [1.82, 2.24) is 4.98 Å². The highest BCUT2D eigenvalue weighted by atomic mass is 32.1. The van der Waals surface area contributed by atoms with Gasteiger partial charge in [-0.05, 0) is 30.7 Å². The lowest BCUT2D eigenvalue weighted by atomic mass is 10.2. The smallest absolute Gasteiger partial charge is 0.250 e. The number of carbonyl (C=O) groups is 2. The summed E-state index contributed by atoms with van der Waals surface area (Å²) >= 11 is 1.17. The van der Waals surface area contributed by atoms with Crippen molar-refractivity contribution in [3.05, 3.63) is 40.4 Å². The number of hydrogen-bond acceptors (Lipinski definition) is 6. The Morgan fingerprint density at radius 2 is 1.92 bits per heavy atom. The van der Waals surface area contributed by atoms with Gasteiger partial charge >= 0.3 is 0 Å². The molecule has 7 heteroatoms. The first-order valence-electron chi connectivity index (χ1n) is 7.14. The Bertz CT molecular complexity index is 796. The van der Waals surface area contributed by atoms with Crippen LogP contribution in [0.4, 0.5) is 5.13 Å². The number of aromatic nitrogens is 1. The van der Waals surface area contributed by atoms with E-state index in [1.807, 2.05) is 6.07 Å². The molecule has 0 aliphatic rings. The van der Waals surface area contributed by atoms with Gasteiger partial charge in [-0.25, -0.2) is 4.98 Å². The lowest BCUT2D eigenvalue weighted by Crippen LogP contribution is -2.07. The number of nitrogens with zero attached hydrogens (tertiary/aromatic N) is 1. The molecule has 2 rings (SSSR count). The molecular formula is C17H18N2O4S. The molecule has 2 aromatic rings. The molecule has 1 heterocycles. The number of ketones is 1. The van der Waals surface area contributed by atoms with E-state index < -0.39 is 0 Å². The first-order valence-corrected chi connectivity index (χ1v) is 7.95. The van der Waals surface area contributed by atoms with Crippen molar-refractivity contribution in [3.8, 4) is 11.5 Å². The molecule has 0 fully saturated rings. The molecule has 24 heavy (non-hydrogen) atoms. The van der Waals surface area contributed by atoms with Crippen molar-refractivity contribution in [2.75, 3.05) is 19.5 Å². The largest absolute Gasteiger partial charge is 0.493 e. The summed E-state index contributed by atoms with van der Waals surface area (Å²) in [5, 5.41) is 3.06. The van der Waals surface area contributed by atoms with Gasteiger partial charge in [0, 0.05) is 13.0 Å². The molecule has 126 valence electrons. The van der Waals surface area contributed by atoms with E-state index in [0.717, 1.165) is 5.56 Å². The van der Waals surface area contributed by atoms with E-state index in [4.69, 9.17) is 9.47 Å². The Balaban J connectivity index is 2.08. The van der Waals surface area contributed by atoms with E-state index in [1.165, 1.54) is 24.3 Å². The number of rotatable bonds is 6. The van der Waals surface area contributed by atoms with Crippen LogP contribution in [-0.4, -0.2) is 30.9 Å². The van der Waals surface area contributed by atoms with Crippen LogP contribution >= 0.6 is 11.3 Å². The first kappa shape index (κ1) is 17.7. The predicted molar refractivity (Wildman–Crippen MR) is 94.1 cm³/mol. The molecule has 0 radical (unpaired) electrons. The van der Waals surface area contributed by atoms with Gasteiger partial charge in [0.15, 0.2) is 22.4 Å². The van der Waals surface area contributed by atoms with Crippen LogP contribution in [-0.2, 0) is 4.79 Å². The Labute approximate surface area is 144 Å². The Hall–Kier alpha value is -2.67. The third-order valence-corrected chi connectivity index (χ3v) is 4.35. The molecule has 0 aliphatic carbocycles. The van der Waals surface area contributed by atoms with Crippen LogP contribution in [0.5, 0.6) is 11.5 Å². The standard InChI is InChI=1S/C17H18N2O4S/c1-10-16(11(2)20)24-17(18-10)19-15(21)8-6-12-5-7-13(22-3)14(9-12)23-4/h5-9H,1-4H3,(H,18,19,21)/b8-6+. The summed E-state index contributed by atoms with van der Waals surface area (Å²) < 4.78 is 10.4. The summed E-state index contributed by atoms with van der Waals surface area (Å²) in [6.07, 6.45) is 3.05. The van der Waals surface area contributed by atoms with Crippen molar-refractivity contribution in [2.45, 2.75) is 13.8 Å². The number of thiazole rings is 1. The monoisotopic (exact) mass is 346 g/mol. The van der Waals surface area contributed by atoms with Crippen molar-refractivity contribution >= 4 is 34.2 Å². The lowest BCUT2D eigenvalue weighted by molar-refractivity contribution is -0.111. The maximum Gasteiger partial charge on any atom is 0.250 e. The fourth-order valence-electron chi connectivity index (χ4n) is 2.05. The van der Waals surface area contributed by atoms with Crippen LogP contribution < -0.4 is 14.8 Å². The molecule has 1 aromatic heterocycles. The van der Waals surface area contributed by atoms with E-state index in [0.29, 0.717) is 27.2 Å². The maximum atomic E-state index is 12.0. The minimum absolute atomic E-state index is 0.0635. The molecular weight excluding hydrogens is 328 g/mol. The number of ether oxygens (including phenoxy) is 2. The highest BCUT2D eigenvalue weighted by Crippen LogP contribution is 2.28. The van der Waals surface area contributed by atoms with E-state index in [-0.39, 0.29) is 11.7 Å². The molecule has 1 amide bonds. The minimum Gasteiger partial charge on any atom is -0.493 e. The number of carbonyl (C=O) groups excluding carboxylic acids is 2. The van der Waals surface area contributed by atoms with E-state index in [9.17, 15) is 9.59 Å². The highest BCUT2D eigenvalue weighted by molar-refractivity contribution is 7.17. The number of aryl methyl sites for hydroxylation is 1. The van der Waals surface area contributed by atoms with Crippen LogP contribution in [0.1, 0.15) is 27.9 Å². The number of anilines is 1.